The minimum Gasteiger partial charge on any atom is -0.448 e. The van der Waals surface area contributed by atoms with Gasteiger partial charge in [0.05, 0.1) is 11.2 Å². The van der Waals surface area contributed by atoms with Gasteiger partial charge < -0.3 is 10.1 Å². The second-order valence-electron chi connectivity index (χ2n) is 10.6. The second-order valence-corrected chi connectivity index (χ2v) is 11.0. The summed E-state index contributed by atoms with van der Waals surface area (Å²) >= 11 is 6.05. The quantitative estimate of drug-likeness (QED) is 0.228. The van der Waals surface area contributed by atoms with E-state index >= 15 is 0 Å². The molecule has 1 fully saturated rings. The number of carbonyl (C=O) groups excluding carboxylic acids is 2. The Morgan fingerprint density at radius 2 is 1.62 bits per heavy atom. The van der Waals surface area contributed by atoms with Crippen molar-refractivity contribution in [1.82, 2.24) is 14.9 Å². The third kappa shape index (κ3) is 4.65. The van der Waals surface area contributed by atoms with E-state index in [1.165, 1.54) is 0 Å². The maximum absolute atomic E-state index is 14.0. The molecule has 7 nitrogen and oxygen atoms in total. The van der Waals surface area contributed by atoms with Crippen LogP contribution in [-0.2, 0) is 9.53 Å². The van der Waals surface area contributed by atoms with Gasteiger partial charge in [-0.3, -0.25) is 14.7 Å². The number of nitrogens with one attached hydrogen (secondary N) is 1. The molecule has 42 heavy (non-hydrogen) atoms. The van der Waals surface area contributed by atoms with Crippen LogP contribution in [0, 0.1) is 0 Å². The zero-order chi connectivity index (χ0) is 28.6. The van der Waals surface area contributed by atoms with Crippen LogP contribution in [-0.4, -0.2) is 46.1 Å². The predicted octanol–water partition coefficient (Wildman–Crippen LogP) is 7.03. The molecule has 1 N–H and O–H groups in total. The van der Waals surface area contributed by atoms with Crippen LogP contribution in [0.25, 0.3) is 22.0 Å². The highest BCUT2D eigenvalue weighted by Crippen LogP contribution is 2.45. The van der Waals surface area contributed by atoms with Gasteiger partial charge in [0.15, 0.2) is 0 Å². The van der Waals surface area contributed by atoms with Gasteiger partial charge in [-0.15, -0.1) is 0 Å². The lowest BCUT2D eigenvalue weighted by molar-refractivity contribution is -0.120. The van der Waals surface area contributed by atoms with E-state index in [0.717, 1.165) is 33.2 Å². The predicted molar refractivity (Wildman–Crippen MR) is 163 cm³/mol. The van der Waals surface area contributed by atoms with Gasteiger partial charge in [-0.1, -0.05) is 84.4 Å². The van der Waals surface area contributed by atoms with Crippen LogP contribution in [0.3, 0.4) is 0 Å². The molecule has 2 atom stereocenters. The zero-order valence-electron chi connectivity index (χ0n) is 22.6. The number of nitrogens with zero attached hydrogens (tertiary/aromatic N) is 3. The molecule has 8 heteroatoms. The van der Waals surface area contributed by atoms with Gasteiger partial charge in [-0.25, -0.2) is 9.78 Å². The Bertz CT molecular complexity index is 1760. The molecule has 3 heterocycles. The Balaban J connectivity index is 1.16. The highest BCUT2D eigenvalue weighted by molar-refractivity contribution is 6.29. The average Bonchev–Trinajstić information content (AvgIpc) is 3.61. The van der Waals surface area contributed by atoms with E-state index in [4.69, 9.17) is 16.3 Å². The van der Waals surface area contributed by atoms with E-state index < -0.39 is 12.1 Å². The lowest BCUT2D eigenvalue weighted by Gasteiger charge is -2.27. The highest BCUT2D eigenvalue weighted by atomic mass is 35.5. The molecule has 1 aliphatic heterocycles. The van der Waals surface area contributed by atoms with E-state index in [1.54, 1.807) is 23.4 Å². The van der Waals surface area contributed by atoms with E-state index in [0.29, 0.717) is 29.3 Å². The number of aromatic nitrogens is 2. The molecule has 2 amide bonds. The fourth-order valence-corrected chi connectivity index (χ4v) is 6.48. The molecule has 1 saturated heterocycles. The van der Waals surface area contributed by atoms with Gasteiger partial charge in [0, 0.05) is 36.2 Å². The summed E-state index contributed by atoms with van der Waals surface area (Å²) in [6.07, 6.45) is 3.43. The van der Waals surface area contributed by atoms with E-state index in [-0.39, 0.29) is 24.3 Å². The monoisotopic (exact) mass is 574 g/mol. The van der Waals surface area contributed by atoms with Crippen LogP contribution in [0.4, 0.5) is 10.5 Å². The largest absolute Gasteiger partial charge is 0.448 e. The van der Waals surface area contributed by atoms with Gasteiger partial charge >= 0.3 is 6.09 Å². The van der Waals surface area contributed by atoms with Crippen LogP contribution in [0.2, 0.25) is 5.15 Å². The first-order chi connectivity index (χ1) is 20.6. The van der Waals surface area contributed by atoms with Crippen LogP contribution >= 0.6 is 11.6 Å². The summed E-state index contributed by atoms with van der Waals surface area (Å²) in [7, 11) is 0. The summed E-state index contributed by atoms with van der Waals surface area (Å²) in [5, 5.41) is 4.33. The van der Waals surface area contributed by atoms with Crippen molar-refractivity contribution in [3.05, 3.63) is 125 Å². The van der Waals surface area contributed by atoms with E-state index in [2.05, 4.69) is 39.6 Å². The summed E-state index contributed by atoms with van der Waals surface area (Å²) in [6.45, 7) is 0.550. The molecule has 208 valence electrons. The SMILES string of the molecule is O=C(Nc1cccc2cccnc12)[C@H]1[C@@H](c2ccc(Cl)nc2)CCN1C(=O)OCC1c2ccccc2-c2ccccc21. The van der Waals surface area contributed by atoms with Crippen molar-refractivity contribution >= 4 is 40.2 Å². The van der Waals surface area contributed by atoms with E-state index in [9.17, 15) is 9.59 Å². The Labute approximate surface area is 248 Å². The summed E-state index contributed by atoms with van der Waals surface area (Å²) in [5.74, 6) is -0.661. The first kappa shape index (κ1) is 26.2. The van der Waals surface area contributed by atoms with Crippen molar-refractivity contribution < 1.29 is 14.3 Å². The summed E-state index contributed by atoms with van der Waals surface area (Å²) < 4.78 is 5.99. The number of hydrogen-bond donors (Lipinski definition) is 1. The third-order valence-electron chi connectivity index (χ3n) is 8.31. The molecular weight excluding hydrogens is 548 g/mol. The minimum absolute atomic E-state index is 0.0748. The minimum atomic E-state index is -0.803. The third-order valence-corrected chi connectivity index (χ3v) is 8.53. The van der Waals surface area contributed by atoms with Crippen LogP contribution in [0.1, 0.15) is 34.9 Å². The Hall–Kier alpha value is -4.75. The summed E-state index contributed by atoms with van der Waals surface area (Å²) in [4.78, 5) is 37.9. The summed E-state index contributed by atoms with van der Waals surface area (Å²) in [5.41, 5.74) is 6.70. The molecule has 0 radical (unpaired) electrons. The maximum atomic E-state index is 14.0. The van der Waals surface area contributed by atoms with Crippen molar-refractivity contribution in [3.8, 4) is 11.1 Å². The van der Waals surface area contributed by atoms with Crippen LogP contribution < -0.4 is 5.32 Å². The molecule has 2 aliphatic rings. The van der Waals surface area contributed by atoms with Gasteiger partial charge in [-0.2, -0.15) is 0 Å². The lowest BCUT2D eigenvalue weighted by atomic mass is 9.92. The van der Waals surface area contributed by atoms with Crippen molar-refractivity contribution in [2.45, 2.75) is 24.3 Å². The Morgan fingerprint density at radius 1 is 0.881 bits per heavy atom. The lowest BCUT2D eigenvalue weighted by Crippen LogP contribution is -2.46. The number of anilines is 1. The highest BCUT2D eigenvalue weighted by Gasteiger charge is 2.44. The topological polar surface area (TPSA) is 84.4 Å². The average molecular weight is 575 g/mol. The van der Waals surface area contributed by atoms with Crippen LogP contribution in [0.15, 0.2) is 103 Å². The first-order valence-electron chi connectivity index (χ1n) is 14.0. The van der Waals surface area contributed by atoms with Gasteiger partial charge in [0.1, 0.15) is 17.8 Å². The Kier molecular flexibility index (Phi) is 6.80. The standard InChI is InChI=1S/C34H27ClN4O3/c35-30-15-14-22(19-37-30)23-16-18-39(32(23)33(40)38-29-13-5-7-21-8-6-17-36-31(21)29)34(41)42-20-28-26-11-3-1-9-24(26)25-10-2-4-12-27(25)28/h1-15,17,19,23,28,32H,16,18,20H2,(H,38,40)/t23-,32-/m1/s1. The normalized spacial score (nSPS) is 17.6. The van der Waals surface area contributed by atoms with Crippen molar-refractivity contribution in [3.63, 3.8) is 0 Å². The summed E-state index contributed by atoms with van der Waals surface area (Å²) in [6, 6.07) is 28.6. The molecule has 1 aliphatic carbocycles. The number of benzene rings is 3. The van der Waals surface area contributed by atoms with Crippen molar-refractivity contribution in [1.29, 1.82) is 0 Å². The molecular formula is C34H27ClN4O3. The zero-order valence-corrected chi connectivity index (χ0v) is 23.4. The number of pyridine rings is 2. The second kappa shape index (κ2) is 10.9. The van der Waals surface area contributed by atoms with Gasteiger partial charge in [-0.05, 0) is 52.4 Å². The fourth-order valence-electron chi connectivity index (χ4n) is 6.37. The number of rotatable bonds is 5. The molecule has 0 bridgehead atoms. The van der Waals surface area contributed by atoms with Crippen molar-refractivity contribution in [2.24, 2.45) is 0 Å². The number of ether oxygens (including phenoxy) is 1. The Morgan fingerprint density at radius 3 is 2.36 bits per heavy atom. The number of para-hydroxylation sites is 1. The molecule has 5 aromatic rings. The van der Waals surface area contributed by atoms with Crippen molar-refractivity contribution in [2.75, 3.05) is 18.5 Å². The number of fused-ring (bicyclic) bond motifs is 4. The number of hydrogen-bond acceptors (Lipinski definition) is 5. The molecule has 0 spiro atoms. The number of halogens is 1. The number of likely N-dealkylation sites (tertiary alicyclic amines) is 1. The molecule has 0 unspecified atom stereocenters. The fraction of sp³-hybridized carbons (Fsp3) is 0.176. The molecule has 3 aromatic carbocycles. The smallest absolute Gasteiger partial charge is 0.410 e. The number of amides is 2. The van der Waals surface area contributed by atoms with Gasteiger partial charge in [0.2, 0.25) is 5.91 Å². The maximum Gasteiger partial charge on any atom is 0.410 e. The van der Waals surface area contributed by atoms with Crippen LogP contribution in [0.5, 0.6) is 0 Å². The number of carbonyl (C=O) groups is 2. The molecule has 2 aromatic heterocycles. The first-order valence-corrected chi connectivity index (χ1v) is 14.3. The molecule has 7 rings (SSSR count). The molecule has 0 saturated carbocycles. The van der Waals surface area contributed by atoms with Gasteiger partial charge in [0.25, 0.3) is 0 Å². The van der Waals surface area contributed by atoms with E-state index in [1.807, 2.05) is 60.7 Å².